The molecule has 4 nitrogen and oxygen atoms in total. The van der Waals surface area contributed by atoms with Crippen molar-refractivity contribution < 1.29 is 9.90 Å². The lowest BCUT2D eigenvalue weighted by Crippen LogP contribution is -2.10. The number of aliphatic carboxylic acids is 1. The summed E-state index contributed by atoms with van der Waals surface area (Å²) in [7, 11) is 0. The zero-order chi connectivity index (χ0) is 4.28. The first-order valence-corrected chi connectivity index (χ1v) is 1.19. The third-order valence-corrected chi connectivity index (χ3v) is 0.175. The summed E-state index contributed by atoms with van der Waals surface area (Å²) in [4.78, 5) is 9.24. The van der Waals surface area contributed by atoms with Gasteiger partial charge in [-0.05, 0) is 0 Å². The van der Waals surface area contributed by atoms with Gasteiger partial charge in [0.05, 0.1) is 6.54 Å². The van der Waals surface area contributed by atoms with E-state index in [-0.39, 0.29) is 25.1 Å². The van der Waals surface area contributed by atoms with E-state index in [1.54, 1.807) is 0 Å². The van der Waals surface area contributed by atoms with Gasteiger partial charge in [0, 0.05) is 0 Å². The predicted octanol–water partition coefficient (Wildman–Crippen LogP) is -0.387. The first kappa shape index (κ1) is 15.9. The number of rotatable bonds is 1. The molecule has 0 radical (unpaired) electrons. The Bertz CT molecular complexity index is 49.0. The number of nitrogens with two attached hydrogens (primary N) is 1. The summed E-state index contributed by atoms with van der Waals surface area (Å²) >= 11 is 0. The van der Waals surface area contributed by atoms with Crippen LogP contribution in [0.15, 0.2) is 0 Å². The van der Waals surface area contributed by atoms with Crippen LogP contribution in [0.3, 0.4) is 0 Å². The lowest BCUT2D eigenvalue weighted by molar-refractivity contribution is -0.135. The van der Waals surface area contributed by atoms with Gasteiger partial charge in [0.25, 0.3) is 0 Å². The average Bonchev–Trinajstić information content (AvgIpc) is 1.38. The molecule has 0 atom stereocenters. The Kier molecular flexibility index (Phi) is 20.9. The second kappa shape index (κ2) is 9.19. The zero-order valence-corrected chi connectivity index (χ0v) is 4.57. The van der Waals surface area contributed by atoms with Gasteiger partial charge in [0.1, 0.15) is 0 Å². The quantitative estimate of drug-likeness (QED) is 0.448. The molecule has 0 aliphatic carbocycles. The largest absolute Gasteiger partial charge is 0.480 e. The number of halogens is 1. The van der Waals surface area contributed by atoms with Crippen LogP contribution < -0.4 is 11.9 Å². The van der Waals surface area contributed by atoms with Gasteiger partial charge >= 0.3 is 5.97 Å². The van der Waals surface area contributed by atoms with Crippen molar-refractivity contribution in [3.63, 3.8) is 0 Å². The lowest BCUT2D eigenvalue weighted by atomic mass is 10.7. The van der Waals surface area contributed by atoms with Crippen molar-refractivity contribution in [2.75, 3.05) is 6.54 Å². The number of hydrogen-bond acceptors (Lipinski definition) is 3. The van der Waals surface area contributed by atoms with Crippen LogP contribution in [0.1, 0.15) is 0 Å². The minimum Gasteiger partial charge on any atom is -0.480 e. The van der Waals surface area contributed by atoms with Crippen molar-refractivity contribution in [1.29, 1.82) is 0 Å². The minimum atomic E-state index is -0.968. The summed E-state index contributed by atoms with van der Waals surface area (Å²) in [5.41, 5.74) is 4.57. The molecule has 0 aliphatic heterocycles. The van der Waals surface area contributed by atoms with Crippen LogP contribution in [0.2, 0.25) is 0 Å². The Balaban J connectivity index is -0.0000000800. The number of carbonyl (C=O) groups is 1. The molecule has 0 spiro atoms. The van der Waals surface area contributed by atoms with Gasteiger partial charge in [-0.3, -0.25) is 4.79 Å². The van der Waals surface area contributed by atoms with E-state index < -0.39 is 5.97 Å². The van der Waals surface area contributed by atoms with Crippen LogP contribution in [0.4, 0.5) is 0 Å². The van der Waals surface area contributed by atoms with Gasteiger partial charge in [-0.1, -0.05) is 0 Å². The third-order valence-electron chi connectivity index (χ3n) is 0.175. The molecule has 0 bridgehead atoms. The molecule has 0 rings (SSSR count). The highest BCUT2D eigenvalue weighted by Gasteiger charge is 1.81. The molecule has 0 aromatic carbocycles. The highest BCUT2D eigenvalue weighted by atomic mass is 35.5. The molecule has 0 unspecified atom stereocenters. The topological polar surface area (TPSA) is 98.3 Å². The maximum Gasteiger partial charge on any atom is 0.317 e. The Morgan fingerprint density at radius 3 is 1.86 bits per heavy atom. The number of carboxylic acid groups (broad SMARTS) is 1. The molecule has 0 heterocycles. The SMILES string of the molecule is Cl.N.NCC(=O)O. The highest BCUT2D eigenvalue weighted by molar-refractivity contribution is 5.85. The van der Waals surface area contributed by atoms with Crippen molar-refractivity contribution in [3.8, 4) is 0 Å². The summed E-state index contributed by atoms with van der Waals surface area (Å²) in [6.45, 7) is -0.278. The third kappa shape index (κ3) is 27.3. The van der Waals surface area contributed by atoms with Crippen molar-refractivity contribution in [3.05, 3.63) is 0 Å². The van der Waals surface area contributed by atoms with E-state index in [1.807, 2.05) is 0 Å². The maximum atomic E-state index is 9.24. The fourth-order valence-electron chi connectivity index (χ4n) is 0. The van der Waals surface area contributed by atoms with Crippen molar-refractivity contribution >= 4 is 18.4 Å². The molecule has 5 heteroatoms. The summed E-state index contributed by atoms with van der Waals surface area (Å²) in [5, 5.41) is 7.60. The molecule has 0 aliphatic rings. The zero-order valence-electron chi connectivity index (χ0n) is 3.76. The molecule has 0 amide bonds. The number of carboxylic acids is 1. The second-order valence-corrected chi connectivity index (χ2v) is 0.598. The fraction of sp³-hybridized carbons (Fsp3) is 0.500. The Hall–Kier alpha value is -0.320. The van der Waals surface area contributed by atoms with E-state index in [0.29, 0.717) is 0 Å². The van der Waals surface area contributed by atoms with E-state index >= 15 is 0 Å². The molecule has 0 aromatic rings. The summed E-state index contributed by atoms with van der Waals surface area (Å²) in [6, 6.07) is 0. The van der Waals surface area contributed by atoms with Gasteiger partial charge < -0.3 is 17.0 Å². The first-order chi connectivity index (χ1) is 2.27. The van der Waals surface area contributed by atoms with Crippen LogP contribution in [0.25, 0.3) is 0 Å². The normalized spacial score (nSPS) is 5.29. The minimum absolute atomic E-state index is 0. The molecular weight excluding hydrogens is 119 g/mol. The van der Waals surface area contributed by atoms with E-state index in [0.717, 1.165) is 0 Å². The van der Waals surface area contributed by atoms with Crippen molar-refractivity contribution in [2.24, 2.45) is 5.73 Å². The maximum absolute atomic E-state index is 9.24. The predicted molar refractivity (Wildman–Crippen MR) is 29.0 cm³/mol. The highest BCUT2D eigenvalue weighted by Crippen LogP contribution is 1.43. The lowest BCUT2D eigenvalue weighted by Gasteiger charge is -1.73. The molecule has 6 N–H and O–H groups in total. The van der Waals surface area contributed by atoms with Crippen LogP contribution in [-0.4, -0.2) is 17.6 Å². The van der Waals surface area contributed by atoms with Crippen LogP contribution in [0.5, 0.6) is 0 Å². The van der Waals surface area contributed by atoms with Crippen LogP contribution in [0, 0.1) is 0 Å². The molecule has 0 aromatic heterocycles. The van der Waals surface area contributed by atoms with Gasteiger partial charge in [-0.15, -0.1) is 12.4 Å². The van der Waals surface area contributed by atoms with E-state index in [9.17, 15) is 4.79 Å². The molecule has 0 saturated heterocycles. The monoisotopic (exact) mass is 128 g/mol. The molecule has 0 fully saturated rings. The Morgan fingerprint density at radius 1 is 1.71 bits per heavy atom. The molecular formula is C2H9ClN2O2. The van der Waals surface area contributed by atoms with E-state index in [1.165, 1.54) is 0 Å². The summed E-state index contributed by atoms with van der Waals surface area (Å²) < 4.78 is 0. The van der Waals surface area contributed by atoms with Gasteiger partial charge in [-0.25, -0.2) is 0 Å². The molecule has 0 saturated carbocycles. The summed E-state index contributed by atoms with van der Waals surface area (Å²) in [5.74, 6) is -0.968. The number of hydrogen-bond donors (Lipinski definition) is 3. The average molecular weight is 129 g/mol. The van der Waals surface area contributed by atoms with Crippen molar-refractivity contribution in [2.45, 2.75) is 0 Å². The van der Waals surface area contributed by atoms with Gasteiger partial charge in [0.2, 0.25) is 0 Å². The van der Waals surface area contributed by atoms with E-state index in [4.69, 9.17) is 5.11 Å². The Morgan fingerprint density at radius 2 is 1.86 bits per heavy atom. The smallest absolute Gasteiger partial charge is 0.317 e. The van der Waals surface area contributed by atoms with Crippen molar-refractivity contribution in [1.82, 2.24) is 6.15 Å². The van der Waals surface area contributed by atoms with Crippen LogP contribution in [-0.2, 0) is 4.79 Å². The second-order valence-electron chi connectivity index (χ2n) is 0.598. The standard InChI is InChI=1S/C2H5NO2.ClH.H3N/c3-1-2(4)5;;/h1,3H2,(H,4,5);1H;1H3. The first-order valence-electron chi connectivity index (χ1n) is 1.19. The van der Waals surface area contributed by atoms with Gasteiger partial charge in [0.15, 0.2) is 0 Å². The molecule has 7 heavy (non-hydrogen) atoms. The molecule has 46 valence electrons. The summed E-state index contributed by atoms with van der Waals surface area (Å²) in [6.07, 6.45) is 0. The van der Waals surface area contributed by atoms with Crippen LogP contribution >= 0.6 is 12.4 Å². The Labute approximate surface area is 47.7 Å². The fourth-order valence-corrected chi connectivity index (χ4v) is 0. The van der Waals surface area contributed by atoms with E-state index in [2.05, 4.69) is 5.73 Å². The van der Waals surface area contributed by atoms with Gasteiger partial charge in [-0.2, -0.15) is 0 Å².